The van der Waals surface area contributed by atoms with Crippen LogP contribution >= 0.6 is 0 Å². The summed E-state index contributed by atoms with van der Waals surface area (Å²) in [5.74, 6) is 0.672. The van der Waals surface area contributed by atoms with E-state index in [1.807, 2.05) is 0 Å². The van der Waals surface area contributed by atoms with E-state index < -0.39 is 0 Å². The van der Waals surface area contributed by atoms with Crippen LogP contribution in [0.15, 0.2) is 24.5 Å². The predicted molar refractivity (Wildman–Crippen MR) is 72.3 cm³/mol. The SMILES string of the molecule is C[C@@H]1C[C@@H](NC(=O)c2cccnc2)CC(C)(C)C1. The van der Waals surface area contributed by atoms with Crippen LogP contribution in [0.1, 0.15) is 50.4 Å². The number of nitrogens with one attached hydrogen (secondary N) is 1. The monoisotopic (exact) mass is 246 g/mol. The summed E-state index contributed by atoms with van der Waals surface area (Å²) in [7, 11) is 0. The van der Waals surface area contributed by atoms with E-state index in [2.05, 4.69) is 31.1 Å². The first-order chi connectivity index (χ1) is 8.46. The molecule has 1 fully saturated rings. The maximum atomic E-state index is 12.1. The predicted octanol–water partition coefficient (Wildman–Crippen LogP) is 3.03. The Balaban J connectivity index is 1.99. The Hall–Kier alpha value is -1.38. The zero-order valence-corrected chi connectivity index (χ0v) is 11.4. The fourth-order valence-electron chi connectivity index (χ4n) is 3.22. The smallest absolute Gasteiger partial charge is 0.253 e. The molecule has 1 heterocycles. The molecule has 98 valence electrons. The van der Waals surface area contributed by atoms with E-state index in [0.29, 0.717) is 16.9 Å². The number of amides is 1. The number of nitrogens with zero attached hydrogens (tertiary/aromatic N) is 1. The van der Waals surface area contributed by atoms with Crippen LogP contribution in [0.5, 0.6) is 0 Å². The lowest BCUT2D eigenvalue weighted by molar-refractivity contribution is 0.0874. The van der Waals surface area contributed by atoms with Crippen molar-refractivity contribution in [3.8, 4) is 0 Å². The lowest BCUT2D eigenvalue weighted by atomic mass is 9.70. The van der Waals surface area contributed by atoms with Crippen LogP contribution < -0.4 is 5.32 Å². The Labute approximate surface area is 109 Å². The Morgan fingerprint density at radius 2 is 2.22 bits per heavy atom. The molecule has 3 nitrogen and oxygen atoms in total. The van der Waals surface area contributed by atoms with E-state index in [-0.39, 0.29) is 11.9 Å². The van der Waals surface area contributed by atoms with Crippen LogP contribution in [-0.4, -0.2) is 16.9 Å². The van der Waals surface area contributed by atoms with E-state index in [0.717, 1.165) is 12.8 Å². The Morgan fingerprint density at radius 3 is 2.83 bits per heavy atom. The first-order valence-electron chi connectivity index (χ1n) is 6.67. The minimum atomic E-state index is -0.00185. The second-order valence-electron chi connectivity index (χ2n) is 6.33. The third-order valence-corrected chi connectivity index (χ3v) is 3.65. The van der Waals surface area contributed by atoms with Crippen molar-refractivity contribution in [1.82, 2.24) is 10.3 Å². The molecule has 0 unspecified atom stereocenters. The fraction of sp³-hybridized carbons (Fsp3) is 0.600. The second-order valence-corrected chi connectivity index (χ2v) is 6.33. The number of carbonyl (C=O) groups excluding carboxylic acids is 1. The summed E-state index contributed by atoms with van der Waals surface area (Å²) < 4.78 is 0. The molecule has 0 aromatic carbocycles. The van der Waals surface area contributed by atoms with Gasteiger partial charge in [-0.3, -0.25) is 9.78 Å². The van der Waals surface area contributed by atoms with Crippen LogP contribution in [0.4, 0.5) is 0 Å². The van der Waals surface area contributed by atoms with Gasteiger partial charge in [0, 0.05) is 18.4 Å². The summed E-state index contributed by atoms with van der Waals surface area (Å²) in [6.07, 6.45) is 6.68. The zero-order valence-electron chi connectivity index (χ0n) is 11.4. The first-order valence-corrected chi connectivity index (χ1v) is 6.67. The van der Waals surface area contributed by atoms with Crippen molar-refractivity contribution in [2.75, 3.05) is 0 Å². The molecule has 1 aliphatic carbocycles. The second kappa shape index (κ2) is 5.09. The maximum absolute atomic E-state index is 12.1. The Kier molecular flexibility index (Phi) is 3.69. The normalized spacial score (nSPS) is 26.6. The van der Waals surface area contributed by atoms with Gasteiger partial charge in [0.25, 0.3) is 5.91 Å². The highest BCUT2D eigenvalue weighted by Crippen LogP contribution is 2.38. The molecule has 1 aliphatic rings. The number of rotatable bonds is 2. The summed E-state index contributed by atoms with van der Waals surface area (Å²) in [6.45, 7) is 6.84. The number of hydrogen-bond acceptors (Lipinski definition) is 2. The minimum absolute atomic E-state index is 0.00185. The third kappa shape index (κ3) is 3.31. The van der Waals surface area contributed by atoms with E-state index in [1.54, 1.807) is 24.5 Å². The van der Waals surface area contributed by atoms with Gasteiger partial charge in [0.15, 0.2) is 0 Å². The van der Waals surface area contributed by atoms with Crippen LogP contribution in [0, 0.1) is 11.3 Å². The summed E-state index contributed by atoms with van der Waals surface area (Å²) in [5.41, 5.74) is 0.971. The molecule has 0 bridgehead atoms. The van der Waals surface area contributed by atoms with Gasteiger partial charge >= 0.3 is 0 Å². The average molecular weight is 246 g/mol. The largest absolute Gasteiger partial charge is 0.349 e. The molecule has 1 aromatic heterocycles. The van der Waals surface area contributed by atoms with Crippen molar-refractivity contribution >= 4 is 5.91 Å². The van der Waals surface area contributed by atoms with Crippen molar-refractivity contribution < 1.29 is 4.79 Å². The van der Waals surface area contributed by atoms with Gasteiger partial charge < -0.3 is 5.32 Å². The molecule has 0 spiro atoms. The van der Waals surface area contributed by atoms with Gasteiger partial charge in [-0.2, -0.15) is 0 Å². The van der Waals surface area contributed by atoms with E-state index in [9.17, 15) is 4.79 Å². The molecular weight excluding hydrogens is 224 g/mol. The van der Waals surface area contributed by atoms with E-state index in [1.165, 1.54) is 6.42 Å². The number of aromatic nitrogens is 1. The molecule has 0 radical (unpaired) electrons. The van der Waals surface area contributed by atoms with Crippen molar-refractivity contribution in [2.45, 2.75) is 46.1 Å². The van der Waals surface area contributed by atoms with Crippen molar-refractivity contribution in [1.29, 1.82) is 0 Å². The van der Waals surface area contributed by atoms with E-state index in [4.69, 9.17) is 0 Å². The molecular formula is C15H22N2O. The molecule has 1 amide bonds. The molecule has 1 N–H and O–H groups in total. The summed E-state index contributed by atoms with van der Waals surface area (Å²) in [6, 6.07) is 3.89. The van der Waals surface area contributed by atoms with Crippen molar-refractivity contribution in [3.05, 3.63) is 30.1 Å². The standard InChI is InChI=1S/C15H22N2O/c1-11-7-13(9-15(2,3)8-11)17-14(18)12-5-4-6-16-10-12/h4-6,10-11,13H,7-9H2,1-3H3,(H,17,18)/t11-,13-/m1/s1. The molecule has 1 aromatic rings. The van der Waals surface area contributed by atoms with Gasteiger partial charge in [-0.1, -0.05) is 20.8 Å². The number of carbonyl (C=O) groups is 1. The van der Waals surface area contributed by atoms with Gasteiger partial charge in [-0.05, 0) is 42.7 Å². The highest BCUT2D eigenvalue weighted by molar-refractivity contribution is 5.94. The van der Waals surface area contributed by atoms with E-state index >= 15 is 0 Å². The Bertz CT molecular complexity index is 414. The number of hydrogen-bond donors (Lipinski definition) is 1. The van der Waals surface area contributed by atoms with Crippen LogP contribution in [0.25, 0.3) is 0 Å². The molecule has 0 saturated heterocycles. The van der Waals surface area contributed by atoms with Gasteiger partial charge in [-0.15, -0.1) is 0 Å². The van der Waals surface area contributed by atoms with Gasteiger partial charge in [0.2, 0.25) is 0 Å². The highest BCUT2D eigenvalue weighted by atomic mass is 16.1. The molecule has 18 heavy (non-hydrogen) atoms. The molecule has 2 atom stereocenters. The highest BCUT2D eigenvalue weighted by Gasteiger charge is 2.32. The van der Waals surface area contributed by atoms with Gasteiger partial charge in [0.1, 0.15) is 0 Å². The summed E-state index contributed by atoms with van der Waals surface area (Å²) in [4.78, 5) is 16.1. The third-order valence-electron chi connectivity index (χ3n) is 3.65. The van der Waals surface area contributed by atoms with Crippen LogP contribution in [-0.2, 0) is 0 Å². The van der Waals surface area contributed by atoms with Crippen molar-refractivity contribution in [2.24, 2.45) is 11.3 Å². The number of pyridine rings is 1. The molecule has 1 saturated carbocycles. The molecule has 3 heteroatoms. The lowest BCUT2D eigenvalue weighted by Gasteiger charge is -2.39. The molecule has 2 rings (SSSR count). The summed E-state index contributed by atoms with van der Waals surface area (Å²) >= 11 is 0. The van der Waals surface area contributed by atoms with Crippen molar-refractivity contribution in [3.63, 3.8) is 0 Å². The van der Waals surface area contributed by atoms with Crippen LogP contribution in [0.3, 0.4) is 0 Å². The molecule has 0 aliphatic heterocycles. The lowest BCUT2D eigenvalue weighted by Crippen LogP contribution is -2.43. The average Bonchev–Trinajstić information content (AvgIpc) is 2.27. The topological polar surface area (TPSA) is 42.0 Å². The minimum Gasteiger partial charge on any atom is -0.349 e. The maximum Gasteiger partial charge on any atom is 0.253 e. The zero-order chi connectivity index (χ0) is 13.2. The van der Waals surface area contributed by atoms with Crippen LogP contribution in [0.2, 0.25) is 0 Å². The van der Waals surface area contributed by atoms with Gasteiger partial charge in [0.05, 0.1) is 5.56 Å². The fourth-order valence-corrected chi connectivity index (χ4v) is 3.22. The quantitative estimate of drug-likeness (QED) is 0.871. The Morgan fingerprint density at radius 1 is 1.44 bits per heavy atom. The van der Waals surface area contributed by atoms with Gasteiger partial charge in [-0.25, -0.2) is 0 Å². The first kappa shape index (κ1) is 13.1. The summed E-state index contributed by atoms with van der Waals surface area (Å²) in [5, 5.41) is 3.14.